The summed E-state index contributed by atoms with van der Waals surface area (Å²) in [6.07, 6.45) is 0. The molecule has 2 heterocycles. The van der Waals surface area contributed by atoms with Crippen LogP contribution in [-0.2, 0) is 11.3 Å². The molecule has 30 heavy (non-hydrogen) atoms. The number of carbonyl (C=O) groups excluding carboxylic acids is 3. The molecule has 0 bridgehead atoms. The zero-order chi connectivity index (χ0) is 21.3. The lowest BCUT2D eigenvalue weighted by Crippen LogP contribution is -2.42. The first-order chi connectivity index (χ1) is 14.5. The number of fused-ring (bicyclic) bond motifs is 2. The van der Waals surface area contributed by atoms with Gasteiger partial charge in [-0.3, -0.25) is 30.0 Å². The van der Waals surface area contributed by atoms with E-state index in [2.05, 4.69) is 21.3 Å². The Morgan fingerprint density at radius 1 is 1.10 bits per heavy atom. The molecule has 2 aromatic carbocycles. The minimum absolute atomic E-state index is 0.0291. The quantitative estimate of drug-likeness (QED) is 0.549. The van der Waals surface area contributed by atoms with E-state index in [0.29, 0.717) is 28.8 Å². The first-order valence-electron chi connectivity index (χ1n) is 9.15. The second-order valence-corrected chi connectivity index (χ2v) is 7.49. The molecule has 3 N–H and O–H groups in total. The Balaban J connectivity index is 1.55. The number of anilines is 1. The van der Waals surface area contributed by atoms with E-state index in [9.17, 15) is 19.2 Å². The average Bonchev–Trinajstić information content (AvgIpc) is 2.77. The zero-order valence-electron chi connectivity index (χ0n) is 15.9. The molecule has 0 radical (unpaired) electrons. The SMILES string of the molecule is CCn1nc(C(=O)NNC(=O)c2ccc3c(c2)NC(=O)CS3)c2ccccc2c1=O. The van der Waals surface area contributed by atoms with Gasteiger partial charge in [-0.15, -0.1) is 11.8 Å². The smallest absolute Gasteiger partial charge is 0.290 e. The van der Waals surface area contributed by atoms with Crippen LogP contribution in [0.15, 0.2) is 52.2 Å². The summed E-state index contributed by atoms with van der Waals surface area (Å²) >= 11 is 1.39. The van der Waals surface area contributed by atoms with Crippen LogP contribution in [0.2, 0.25) is 0 Å². The highest BCUT2D eigenvalue weighted by Gasteiger charge is 2.19. The first-order valence-corrected chi connectivity index (χ1v) is 10.1. The summed E-state index contributed by atoms with van der Waals surface area (Å²) in [5, 5.41) is 7.61. The Kier molecular flexibility index (Phi) is 5.23. The summed E-state index contributed by atoms with van der Waals surface area (Å²) in [4.78, 5) is 50.0. The van der Waals surface area contributed by atoms with Crippen molar-refractivity contribution in [2.45, 2.75) is 18.4 Å². The van der Waals surface area contributed by atoms with E-state index in [1.54, 1.807) is 49.4 Å². The molecule has 0 unspecified atom stereocenters. The molecule has 0 saturated carbocycles. The third kappa shape index (κ3) is 3.64. The highest BCUT2D eigenvalue weighted by Crippen LogP contribution is 2.31. The van der Waals surface area contributed by atoms with Crippen LogP contribution in [0.25, 0.3) is 10.8 Å². The highest BCUT2D eigenvalue weighted by molar-refractivity contribution is 8.00. The van der Waals surface area contributed by atoms with Gasteiger partial charge >= 0.3 is 0 Å². The second kappa shape index (κ2) is 7.99. The van der Waals surface area contributed by atoms with Gasteiger partial charge in [0, 0.05) is 22.4 Å². The Bertz CT molecular complexity index is 1250. The van der Waals surface area contributed by atoms with Crippen molar-refractivity contribution < 1.29 is 14.4 Å². The molecule has 1 aliphatic heterocycles. The van der Waals surface area contributed by atoms with Crippen LogP contribution >= 0.6 is 11.8 Å². The van der Waals surface area contributed by atoms with Crippen LogP contribution in [0, 0.1) is 0 Å². The highest BCUT2D eigenvalue weighted by atomic mass is 32.2. The molecule has 152 valence electrons. The van der Waals surface area contributed by atoms with Crippen LogP contribution < -0.4 is 21.7 Å². The lowest BCUT2D eigenvalue weighted by Gasteiger charge is -2.17. The molecular weight excluding hydrogens is 406 g/mol. The summed E-state index contributed by atoms with van der Waals surface area (Å²) in [7, 11) is 0. The monoisotopic (exact) mass is 423 g/mol. The van der Waals surface area contributed by atoms with Gasteiger partial charge in [0.15, 0.2) is 5.69 Å². The Morgan fingerprint density at radius 3 is 2.60 bits per heavy atom. The van der Waals surface area contributed by atoms with Crippen molar-refractivity contribution in [2.75, 3.05) is 11.1 Å². The fourth-order valence-electron chi connectivity index (χ4n) is 3.09. The Labute approximate surface area is 174 Å². The molecule has 1 aromatic heterocycles. The average molecular weight is 423 g/mol. The number of hydrogen-bond donors (Lipinski definition) is 3. The van der Waals surface area contributed by atoms with Gasteiger partial charge in [0.25, 0.3) is 17.4 Å². The standard InChI is InChI=1S/C20H17N5O4S/c1-2-25-20(29)13-6-4-3-5-12(13)17(24-25)19(28)23-22-18(27)11-7-8-15-14(9-11)21-16(26)10-30-15/h3-9H,2,10H2,1H3,(H,21,26)(H,22,27)(H,23,28). The van der Waals surface area contributed by atoms with E-state index in [0.717, 1.165) is 4.90 Å². The maximum absolute atomic E-state index is 12.7. The molecule has 3 amide bonds. The van der Waals surface area contributed by atoms with Crippen molar-refractivity contribution >= 4 is 45.9 Å². The molecule has 0 spiro atoms. The van der Waals surface area contributed by atoms with Crippen molar-refractivity contribution in [2.24, 2.45) is 0 Å². The van der Waals surface area contributed by atoms with Crippen LogP contribution in [-0.4, -0.2) is 33.3 Å². The number of nitrogens with one attached hydrogen (secondary N) is 3. The second-order valence-electron chi connectivity index (χ2n) is 6.47. The lowest BCUT2D eigenvalue weighted by molar-refractivity contribution is -0.113. The van der Waals surface area contributed by atoms with Gasteiger partial charge < -0.3 is 5.32 Å². The maximum Gasteiger partial charge on any atom is 0.290 e. The number of carbonyl (C=O) groups is 3. The summed E-state index contributed by atoms with van der Waals surface area (Å²) in [6, 6.07) is 11.6. The van der Waals surface area contributed by atoms with Crippen LogP contribution in [0.1, 0.15) is 27.8 Å². The fourth-order valence-corrected chi connectivity index (χ4v) is 3.87. The third-order valence-corrected chi connectivity index (χ3v) is 5.62. The van der Waals surface area contributed by atoms with Crippen molar-refractivity contribution in [1.29, 1.82) is 0 Å². The molecule has 9 nitrogen and oxygen atoms in total. The minimum atomic E-state index is -0.649. The number of benzene rings is 2. The van der Waals surface area contributed by atoms with Gasteiger partial charge in [-0.25, -0.2) is 4.68 Å². The first kappa shape index (κ1) is 19.6. The number of aromatic nitrogens is 2. The van der Waals surface area contributed by atoms with Crippen LogP contribution in [0.3, 0.4) is 0 Å². The third-order valence-electron chi connectivity index (χ3n) is 4.55. The number of thioether (sulfide) groups is 1. The van der Waals surface area contributed by atoms with E-state index in [4.69, 9.17) is 0 Å². The zero-order valence-corrected chi connectivity index (χ0v) is 16.7. The largest absolute Gasteiger partial charge is 0.324 e. The summed E-state index contributed by atoms with van der Waals surface area (Å²) in [5.41, 5.74) is 5.25. The van der Waals surface area contributed by atoms with Crippen molar-refractivity contribution in [3.8, 4) is 0 Å². The molecular formula is C20H17N5O4S. The van der Waals surface area contributed by atoms with Crippen molar-refractivity contribution in [3.63, 3.8) is 0 Å². The summed E-state index contributed by atoms with van der Waals surface area (Å²) < 4.78 is 1.20. The summed E-state index contributed by atoms with van der Waals surface area (Å²) in [6.45, 7) is 2.05. The predicted molar refractivity (Wildman–Crippen MR) is 112 cm³/mol. The van der Waals surface area contributed by atoms with Gasteiger partial charge in [0.05, 0.1) is 16.8 Å². The lowest BCUT2D eigenvalue weighted by atomic mass is 10.1. The van der Waals surface area contributed by atoms with E-state index >= 15 is 0 Å². The van der Waals surface area contributed by atoms with Gasteiger partial charge in [0.2, 0.25) is 5.91 Å². The molecule has 3 aromatic rings. The number of hydrazine groups is 1. The molecule has 10 heteroatoms. The molecule has 0 atom stereocenters. The van der Waals surface area contributed by atoms with Gasteiger partial charge in [-0.1, -0.05) is 18.2 Å². The molecule has 0 saturated heterocycles. The molecule has 4 rings (SSSR count). The van der Waals surface area contributed by atoms with Gasteiger partial charge in [-0.2, -0.15) is 5.10 Å². The Morgan fingerprint density at radius 2 is 1.83 bits per heavy atom. The number of amides is 3. The van der Waals surface area contributed by atoms with E-state index in [-0.39, 0.29) is 22.7 Å². The normalized spacial score (nSPS) is 12.8. The molecule has 0 aliphatic carbocycles. The maximum atomic E-state index is 12.7. The van der Waals surface area contributed by atoms with Crippen LogP contribution in [0.4, 0.5) is 5.69 Å². The van der Waals surface area contributed by atoms with E-state index in [1.165, 1.54) is 16.4 Å². The van der Waals surface area contributed by atoms with Crippen molar-refractivity contribution in [1.82, 2.24) is 20.6 Å². The fraction of sp³-hybridized carbons (Fsp3) is 0.150. The van der Waals surface area contributed by atoms with Gasteiger partial charge in [0.1, 0.15) is 0 Å². The van der Waals surface area contributed by atoms with Gasteiger partial charge in [-0.05, 0) is 31.2 Å². The Hall–Kier alpha value is -3.66. The van der Waals surface area contributed by atoms with E-state index in [1.807, 2.05) is 0 Å². The minimum Gasteiger partial charge on any atom is -0.324 e. The number of nitrogens with zero attached hydrogens (tertiary/aromatic N) is 2. The molecule has 0 fully saturated rings. The number of aryl methyl sites for hydroxylation is 1. The van der Waals surface area contributed by atoms with E-state index < -0.39 is 11.8 Å². The van der Waals surface area contributed by atoms with Crippen molar-refractivity contribution in [3.05, 3.63) is 64.1 Å². The number of hydrogen-bond acceptors (Lipinski definition) is 6. The topological polar surface area (TPSA) is 122 Å². The molecule has 1 aliphatic rings. The predicted octanol–water partition coefficient (Wildman–Crippen LogP) is 1.54. The summed E-state index contributed by atoms with van der Waals surface area (Å²) in [5.74, 6) is -1.01. The number of rotatable bonds is 3. The van der Waals surface area contributed by atoms with Crippen LogP contribution in [0.5, 0.6) is 0 Å².